The van der Waals surface area contributed by atoms with Gasteiger partial charge < -0.3 is 10.6 Å². The largest absolute Gasteiger partial charge is 0.344 e. The molecule has 2 rings (SSSR count). The summed E-state index contributed by atoms with van der Waals surface area (Å²) in [7, 11) is -3.99. The molecule has 1 aromatic carbocycles. The molecule has 0 saturated carbocycles. The Kier molecular flexibility index (Phi) is 3.73. The highest BCUT2D eigenvalue weighted by Crippen LogP contribution is 2.19. The lowest BCUT2D eigenvalue weighted by atomic mass is 10.2. The second-order valence-corrected chi connectivity index (χ2v) is 5.90. The quantitative estimate of drug-likeness (QED) is 0.709. The van der Waals surface area contributed by atoms with Gasteiger partial charge >= 0.3 is 0 Å². The molecule has 9 heteroatoms. The lowest BCUT2D eigenvalue weighted by Gasteiger charge is -2.12. The average Bonchev–Trinajstić information content (AvgIpc) is 2.77. The van der Waals surface area contributed by atoms with E-state index in [1.54, 1.807) is 0 Å². The second kappa shape index (κ2) is 5.17. The SMILES string of the molecule is NS(=O)(=O)c1ccc(F)c(NC(=O)[C@@H]2CCC(=O)N2)c1. The monoisotopic (exact) mass is 301 g/mol. The molecule has 1 fully saturated rings. The third kappa shape index (κ3) is 3.11. The number of carbonyl (C=O) groups excluding carboxylic acids is 2. The first-order valence-corrected chi connectivity index (χ1v) is 7.24. The number of benzene rings is 1. The number of nitrogens with one attached hydrogen (secondary N) is 2. The molecule has 0 aromatic heterocycles. The molecular weight excluding hydrogens is 289 g/mol. The Hall–Kier alpha value is -2.00. The van der Waals surface area contributed by atoms with Crippen molar-refractivity contribution in [3.05, 3.63) is 24.0 Å². The smallest absolute Gasteiger partial charge is 0.247 e. The normalized spacial score (nSPS) is 18.7. The van der Waals surface area contributed by atoms with Crippen LogP contribution in [-0.4, -0.2) is 26.3 Å². The zero-order valence-corrected chi connectivity index (χ0v) is 11.0. The van der Waals surface area contributed by atoms with Crippen molar-refractivity contribution in [2.75, 3.05) is 5.32 Å². The van der Waals surface area contributed by atoms with Gasteiger partial charge in [-0.1, -0.05) is 0 Å². The molecule has 1 heterocycles. The van der Waals surface area contributed by atoms with Gasteiger partial charge in [0.2, 0.25) is 21.8 Å². The fraction of sp³-hybridized carbons (Fsp3) is 0.273. The number of amides is 2. The van der Waals surface area contributed by atoms with Gasteiger partial charge in [0.25, 0.3) is 0 Å². The number of halogens is 1. The fourth-order valence-corrected chi connectivity index (χ4v) is 2.35. The van der Waals surface area contributed by atoms with Crippen LogP contribution in [-0.2, 0) is 19.6 Å². The van der Waals surface area contributed by atoms with Crippen LogP contribution in [0.3, 0.4) is 0 Å². The molecule has 20 heavy (non-hydrogen) atoms. The molecule has 0 unspecified atom stereocenters. The topological polar surface area (TPSA) is 118 Å². The molecule has 0 aliphatic carbocycles. The maximum Gasteiger partial charge on any atom is 0.247 e. The molecule has 1 aromatic rings. The molecule has 2 amide bonds. The Labute approximate surface area is 114 Å². The maximum atomic E-state index is 13.5. The van der Waals surface area contributed by atoms with Crippen molar-refractivity contribution in [2.24, 2.45) is 5.14 Å². The van der Waals surface area contributed by atoms with Crippen LogP contribution in [0, 0.1) is 5.82 Å². The highest BCUT2D eigenvalue weighted by Gasteiger charge is 2.27. The molecule has 1 aliphatic heterocycles. The summed E-state index contributed by atoms with van der Waals surface area (Å²) >= 11 is 0. The maximum absolute atomic E-state index is 13.5. The van der Waals surface area contributed by atoms with Crippen LogP contribution < -0.4 is 15.8 Å². The lowest BCUT2D eigenvalue weighted by Crippen LogP contribution is -2.37. The number of primary sulfonamides is 1. The number of nitrogens with two attached hydrogens (primary N) is 1. The number of rotatable bonds is 3. The first kappa shape index (κ1) is 14.4. The first-order valence-electron chi connectivity index (χ1n) is 5.70. The van der Waals surface area contributed by atoms with Crippen molar-refractivity contribution >= 4 is 27.5 Å². The second-order valence-electron chi connectivity index (χ2n) is 4.33. The van der Waals surface area contributed by atoms with Crippen LogP contribution in [0.5, 0.6) is 0 Å². The van der Waals surface area contributed by atoms with E-state index in [0.29, 0.717) is 6.42 Å². The summed E-state index contributed by atoms with van der Waals surface area (Å²) in [5.74, 6) is -1.67. The lowest BCUT2D eigenvalue weighted by molar-refractivity contribution is -0.122. The number of carbonyl (C=O) groups is 2. The van der Waals surface area contributed by atoms with Crippen molar-refractivity contribution in [3.8, 4) is 0 Å². The van der Waals surface area contributed by atoms with E-state index >= 15 is 0 Å². The molecule has 1 saturated heterocycles. The molecule has 1 atom stereocenters. The summed E-state index contributed by atoms with van der Waals surface area (Å²) < 4.78 is 35.9. The first-order chi connectivity index (χ1) is 9.27. The van der Waals surface area contributed by atoms with Crippen LogP contribution in [0.1, 0.15) is 12.8 Å². The minimum absolute atomic E-state index is 0.220. The zero-order chi connectivity index (χ0) is 14.9. The van der Waals surface area contributed by atoms with E-state index in [0.717, 1.165) is 18.2 Å². The number of anilines is 1. The highest BCUT2D eigenvalue weighted by atomic mass is 32.2. The predicted octanol–water partition coefficient (Wildman–Crippen LogP) is -0.310. The minimum atomic E-state index is -3.99. The fourth-order valence-electron chi connectivity index (χ4n) is 1.81. The summed E-state index contributed by atoms with van der Waals surface area (Å²) in [6, 6.07) is 2.07. The summed E-state index contributed by atoms with van der Waals surface area (Å²) in [6.07, 6.45) is 0.527. The summed E-state index contributed by atoms with van der Waals surface area (Å²) in [5, 5.41) is 9.59. The summed E-state index contributed by atoms with van der Waals surface area (Å²) in [5.41, 5.74) is -0.303. The molecular formula is C11H12FN3O4S. The molecule has 108 valence electrons. The van der Waals surface area contributed by atoms with Gasteiger partial charge in [0.15, 0.2) is 0 Å². The van der Waals surface area contributed by atoms with Crippen LogP contribution in [0.15, 0.2) is 23.1 Å². The molecule has 1 aliphatic rings. The van der Waals surface area contributed by atoms with E-state index < -0.39 is 27.8 Å². The average molecular weight is 301 g/mol. The Bertz CT molecular complexity index is 674. The van der Waals surface area contributed by atoms with E-state index in [-0.39, 0.29) is 22.9 Å². The van der Waals surface area contributed by atoms with Gasteiger partial charge in [-0.05, 0) is 24.6 Å². The third-order valence-electron chi connectivity index (χ3n) is 2.84. The van der Waals surface area contributed by atoms with Gasteiger partial charge in [0, 0.05) is 6.42 Å². The van der Waals surface area contributed by atoms with Gasteiger partial charge in [-0.15, -0.1) is 0 Å². The van der Waals surface area contributed by atoms with Crippen LogP contribution in [0.2, 0.25) is 0 Å². The van der Waals surface area contributed by atoms with Gasteiger partial charge in [-0.2, -0.15) is 0 Å². The van der Waals surface area contributed by atoms with Gasteiger partial charge in [-0.3, -0.25) is 9.59 Å². The van der Waals surface area contributed by atoms with Gasteiger partial charge in [0.1, 0.15) is 11.9 Å². The van der Waals surface area contributed by atoms with Crippen molar-refractivity contribution in [3.63, 3.8) is 0 Å². The third-order valence-corrected chi connectivity index (χ3v) is 3.75. The summed E-state index contributed by atoms with van der Waals surface area (Å²) in [6.45, 7) is 0. The van der Waals surface area contributed by atoms with Crippen LogP contribution in [0.4, 0.5) is 10.1 Å². The van der Waals surface area contributed by atoms with Gasteiger partial charge in [0.05, 0.1) is 10.6 Å². The highest BCUT2D eigenvalue weighted by molar-refractivity contribution is 7.89. The van der Waals surface area contributed by atoms with Crippen molar-refractivity contribution in [1.82, 2.24) is 5.32 Å². The Morgan fingerprint density at radius 3 is 2.70 bits per heavy atom. The Morgan fingerprint density at radius 1 is 1.45 bits per heavy atom. The zero-order valence-electron chi connectivity index (χ0n) is 10.2. The standard InChI is InChI=1S/C11H12FN3O4S/c12-7-2-1-6(20(13,18)19)5-9(7)15-11(17)8-3-4-10(16)14-8/h1-2,5,8H,3-4H2,(H,14,16)(H,15,17)(H2,13,18,19)/t8-/m0/s1. The van der Waals surface area contributed by atoms with E-state index in [1.165, 1.54) is 0 Å². The predicted molar refractivity (Wildman–Crippen MR) is 67.6 cm³/mol. The van der Waals surface area contributed by atoms with Crippen molar-refractivity contribution in [1.29, 1.82) is 0 Å². The summed E-state index contributed by atoms with van der Waals surface area (Å²) in [4.78, 5) is 22.5. The molecule has 7 nitrogen and oxygen atoms in total. The van der Waals surface area contributed by atoms with Gasteiger partial charge in [-0.25, -0.2) is 17.9 Å². The molecule has 0 spiro atoms. The molecule has 0 bridgehead atoms. The number of hydrogen-bond donors (Lipinski definition) is 3. The van der Waals surface area contributed by atoms with Crippen LogP contribution >= 0.6 is 0 Å². The van der Waals surface area contributed by atoms with E-state index in [4.69, 9.17) is 5.14 Å². The Morgan fingerprint density at radius 2 is 2.15 bits per heavy atom. The van der Waals surface area contributed by atoms with Crippen molar-refractivity contribution in [2.45, 2.75) is 23.8 Å². The van der Waals surface area contributed by atoms with E-state index in [1.807, 2.05) is 0 Å². The van der Waals surface area contributed by atoms with Crippen molar-refractivity contribution < 1.29 is 22.4 Å². The minimum Gasteiger partial charge on any atom is -0.344 e. The molecule has 4 N–H and O–H groups in total. The number of hydrogen-bond acceptors (Lipinski definition) is 4. The van der Waals surface area contributed by atoms with Crippen LogP contribution in [0.25, 0.3) is 0 Å². The van der Waals surface area contributed by atoms with E-state index in [2.05, 4.69) is 10.6 Å². The molecule has 0 radical (unpaired) electrons. The Balaban J connectivity index is 2.20. The van der Waals surface area contributed by atoms with E-state index in [9.17, 15) is 22.4 Å². The number of sulfonamides is 1.